The van der Waals surface area contributed by atoms with Crippen molar-refractivity contribution in [3.63, 3.8) is 0 Å². The molecule has 1 saturated carbocycles. The predicted molar refractivity (Wildman–Crippen MR) is 132 cm³/mol. The van der Waals surface area contributed by atoms with Crippen molar-refractivity contribution in [3.8, 4) is 0 Å². The lowest BCUT2D eigenvalue weighted by molar-refractivity contribution is 0.444. The smallest absolute Gasteiger partial charge is 0.108 e. The molecule has 2 aromatic heterocycles. The molecule has 0 spiro atoms. The highest BCUT2D eigenvalue weighted by molar-refractivity contribution is 7.15. The number of allylic oxidation sites excluding steroid dienone is 4. The number of anilines is 2. The molecular formula is C25H26ClN3S. The number of thiophene rings is 1. The van der Waals surface area contributed by atoms with Crippen LogP contribution >= 0.6 is 22.9 Å². The molecular weight excluding hydrogens is 410 g/mol. The van der Waals surface area contributed by atoms with Gasteiger partial charge in [-0.05, 0) is 36.5 Å². The number of nitrogens with one attached hydrogen (secondary N) is 1. The molecule has 5 heteroatoms. The van der Waals surface area contributed by atoms with Crippen molar-refractivity contribution in [2.45, 2.75) is 38.0 Å². The molecule has 1 N–H and O–H groups in total. The van der Waals surface area contributed by atoms with Crippen LogP contribution in [0.3, 0.4) is 0 Å². The molecule has 0 bridgehead atoms. The van der Waals surface area contributed by atoms with E-state index in [0.717, 1.165) is 38.2 Å². The van der Waals surface area contributed by atoms with Crippen molar-refractivity contribution in [1.82, 2.24) is 4.98 Å². The Morgan fingerprint density at radius 2 is 2.03 bits per heavy atom. The van der Waals surface area contributed by atoms with Crippen LogP contribution in [0.5, 0.6) is 0 Å². The summed E-state index contributed by atoms with van der Waals surface area (Å²) in [7, 11) is 0. The van der Waals surface area contributed by atoms with E-state index in [9.17, 15) is 0 Å². The summed E-state index contributed by atoms with van der Waals surface area (Å²) in [6, 6.07) is 4.23. The quantitative estimate of drug-likeness (QED) is 0.484. The Hall–Kier alpha value is -2.56. The van der Waals surface area contributed by atoms with Gasteiger partial charge in [0.25, 0.3) is 0 Å². The molecule has 1 aliphatic carbocycles. The Bertz CT molecular complexity index is 1060. The third-order valence-electron chi connectivity index (χ3n) is 5.77. The average molecular weight is 436 g/mol. The van der Waals surface area contributed by atoms with Gasteiger partial charge in [0, 0.05) is 21.7 Å². The van der Waals surface area contributed by atoms with E-state index in [2.05, 4.69) is 53.6 Å². The zero-order valence-corrected chi connectivity index (χ0v) is 18.7. The Morgan fingerprint density at radius 1 is 1.27 bits per heavy atom. The summed E-state index contributed by atoms with van der Waals surface area (Å²) in [4.78, 5) is 8.60. The molecule has 4 rings (SSSR count). The molecule has 2 aromatic rings. The van der Waals surface area contributed by atoms with Crippen LogP contribution in [0.2, 0.25) is 0 Å². The lowest BCUT2D eigenvalue weighted by atomic mass is 9.83. The van der Waals surface area contributed by atoms with Gasteiger partial charge >= 0.3 is 0 Å². The summed E-state index contributed by atoms with van der Waals surface area (Å²) in [6.45, 7) is 16.4. The second-order valence-corrected chi connectivity index (χ2v) is 9.21. The Morgan fingerprint density at radius 3 is 2.73 bits per heavy atom. The van der Waals surface area contributed by atoms with Gasteiger partial charge < -0.3 is 5.32 Å². The highest BCUT2D eigenvalue weighted by Gasteiger charge is 2.30. The zero-order chi connectivity index (χ0) is 21.3. The summed E-state index contributed by atoms with van der Waals surface area (Å²) in [5.41, 5.74) is 5.14. The predicted octanol–water partition coefficient (Wildman–Crippen LogP) is 7.89. The number of nitrogens with zero attached hydrogens (tertiary/aromatic N) is 2. The number of hydrogen-bond acceptors (Lipinski definition) is 4. The fraction of sp³-hybridized carbons (Fsp3) is 0.240. The standard InChI is InChI=1S/C25H26ClN3S/c1-5-9-20(16(2)26)24-14-22-25(30-24)17(3)29(18(4)28-22)23-15-27-13-12-21(23)19-10-7-6-8-11-19/h5,9,12-15,19,28H,1-4,6-8,10-11H2/b20-9+. The lowest BCUT2D eigenvalue weighted by Crippen LogP contribution is -2.29. The van der Waals surface area contributed by atoms with Crippen LogP contribution < -0.4 is 10.2 Å². The SMILES string of the molecule is C=C/C=C(\C(=C)Cl)c1cc2c(s1)C(=C)N(c1cnccc1C1CCCCC1)C(=C)N2. The first-order valence-electron chi connectivity index (χ1n) is 10.2. The molecule has 3 nitrogen and oxygen atoms in total. The monoisotopic (exact) mass is 435 g/mol. The van der Waals surface area contributed by atoms with Crippen molar-refractivity contribution in [1.29, 1.82) is 0 Å². The van der Waals surface area contributed by atoms with Gasteiger partial charge in [-0.25, -0.2) is 0 Å². The van der Waals surface area contributed by atoms with Crippen molar-refractivity contribution in [2.24, 2.45) is 0 Å². The molecule has 0 saturated heterocycles. The van der Waals surface area contributed by atoms with Crippen molar-refractivity contribution >= 4 is 45.6 Å². The van der Waals surface area contributed by atoms with E-state index in [1.807, 2.05) is 18.5 Å². The van der Waals surface area contributed by atoms with Crippen molar-refractivity contribution in [2.75, 3.05) is 10.2 Å². The van der Waals surface area contributed by atoms with Crippen LogP contribution in [0.15, 0.2) is 73.8 Å². The van der Waals surface area contributed by atoms with Gasteiger partial charge in [0.1, 0.15) is 5.82 Å². The summed E-state index contributed by atoms with van der Waals surface area (Å²) >= 11 is 7.87. The van der Waals surface area contributed by atoms with Gasteiger partial charge in [-0.15, -0.1) is 11.3 Å². The Kier molecular flexibility index (Phi) is 5.98. The maximum Gasteiger partial charge on any atom is 0.108 e. The van der Waals surface area contributed by atoms with E-state index in [1.54, 1.807) is 17.4 Å². The number of halogens is 1. The van der Waals surface area contributed by atoms with E-state index in [0.29, 0.717) is 11.0 Å². The minimum absolute atomic E-state index is 0.488. The third-order valence-corrected chi connectivity index (χ3v) is 7.19. The largest absolute Gasteiger partial charge is 0.341 e. The van der Waals surface area contributed by atoms with Gasteiger partial charge in [-0.1, -0.05) is 69.3 Å². The fourth-order valence-electron chi connectivity index (χ4n) is 4.36. The maximum absolute atomic E-state index is 6.23. The molecule has 2 aliphatic rings. The summed E-state index contributed by atoms with van der Waals surface area (Å²) in [5, 5.41) is 3.94. The van der Waals surface area contributed by atoms with Crippen LogP contribution in [-0.4, -0.2) is 4.98 Å². The number of aromatic nitrogens is 1. The normalized spacial score (nSPS) is 17.5. The van der Waals surface area contributed by atoms with E-state index < -0.39 is 0 Å². The molecule has 0 atom stereocenters. The number of rotatable bonds is 5. The average Bonchev–Trinajstić information content (AvgIpc) is 3.16. The number of hydrogen-bond donors (Lipinski definition) is 1. The molecule has 0 aromatic carbocycles. The van der Waals surface area contributed by atoms with Crippen LogP contribution in [0, 0.1) is 0 Å². The maximum atomic E-state index is 6.23. The van der Waals surface area contributed by atoms with Gasteiger partial charge in [0.15, 0.2) is 0 Å². The van der Waals surface area contributed by atoms with Crippen molar-refractivity contribution in [3.05, 3.63) is 89.2 Å². The zero-order valence-electron chi connectivity index (χ0n) is 17.1. The topological polar surface area (TPSA) is 28.2 Å². The van der Waals surface area contributed by atoms with E-state index >= 15 is 0 Å². The Balaban J connectivity index is 1.74. The molecule has 0 unspecified atom stereocenters. The number of fused-ring (bicyclic) bond motifs is 1. The second kappa shape index (κ2) is 8.66. The minimum Gasteiger partial charge on any atom is -0.341 e. The summed E-state index contributed by atoms with van der Waals surface area (Å²) < 4.78 is 0. The molecule has 1 fully saturated rings. The number of pyridine rings is 1. The first-order chi connectivity index (χ1) is 14.5. The van der Waals surface area contributed by atoms with Crippen LogP contribution in [0.25, 0.3) is 11.3 Å². The molecule has 0 radical (unpaired) electrons. The minimum atomic E-state index is 0.488. The van der Waals surface area contributed by atoms with Gasteiger partial charge in [-0.3, -0.25) is 9.88 Å². The first kappa shape index (κ1) is 20.7. The van der Waals surface area contributed by atoms with Gasteiger partial charge in [-0.2, -0.15) is 0 Å². The van der Waals surface area contributed by atoms with Crippen molar-refractivity contribution < 1.29 is 0 Å². The van der Waals surface area contributed by atoms with E-state index in [4.69, 9.17) is 11.6 Å². The van der Waals surface area contributed by atoms with Gasteiger partial charge in [0.05, 0.1) is 28.1 Å². The molecule has 30 heavy (non-hydrogen) atoms. The van der Waals surface area contributed by atoms with Crippen LogP contribution in [-0.2, 0) is 0 Å². The summed E-state index contributed by atoms with van der Waals surface area (Å²) in [6.07, 6.45) is 13.8. The van der Waals surface area contributed by atoms with Gasteiger partial charge in [0.2, 0.25) is 0 Å². The highest BCUT2D eigenvalue weighted by atomic mass is 35.5. The molecule has 3 heterocycles. The molecule has 154 valence electrons. The van der Waals surface area contributed by atoms with Crippen LogP contribution in [0.1, 0.15) is 53.3 Å². The van der Waals surface area contributed by atoms with E-state index in [1.165, 1.54) is 37.7 Å². The third kappa shape index (κ3) is 3.78. The lowest BCUT2D eigenvalue weighted by Gasteiger charge is -2.36. The summed E-state index contributed by atoms with van der Waals surface area (Å²) in [5.74, 6) is 1.33. The second-order valence-electron chi connectivity index (χ2n) is 7.70. The van der Waals surface area contributed by atoms with Crippen LogP contribution in [0.4, 0.5) is 11.4 Å². The highest BCUT2D eigenvalue weighted by Crippen LogP contribution is 2.47. The molecule has 1 aliphatic heterocycles. The fourth-order valence-corrected chi connectivity index (χ4v) is 5.71. The molecule has 0 amide bonds. The first-order valence-corrected chi connectivity index (χ1v) is 11.4. The van der Waals surface area contributed by atoms with E-state index in [-0.39, 0.29) is 0 Å². The Labute approximate surface area is 187 Å².